The molecule has 2 heteroatoms. The van der Waals surface area contributed by atoms with Gasteiger partial charge in [-0.15, -0.1) is 6.58 Å². The predicted molar refractivity (Wildman–Crippen MR) is 50.3 cm³/mol. The van der Waals surface area contributed by atoms with Gasteiger partial charge in [0.05, 0.1) is 4.99 Å². The highest BCUT2D eigenvalue weighted by molar-refractivity contribution is 7.80. The molecule has 10 heavy (non-hydrogen) atoms. The fourth-order valence-electron chi connectivity index (χ4n) is 0.541. The minimum atomic E-state index is 0.495. The number of nitrogens with zero attached hydrogens (tertiary/aromatic N) is 1. The molecule has 0 heterocycles. The lowest BCUT2D eigenvalue weighted by Gasteiger charge is -2.15. The molecule has 0 aliphatic heterocycles. The maximum Gasteiger partial charge on any atom is 0.0779 e. The third-order valence-corrected chi connectivity index (χ3v) is 1.93. The van der Waals surface area contributed by atoms with Crippen LogP contribution in [0.25, 0.3) is 0 Å². The summed E-state index contributed by atoms with van der Waals surface area (Å²) in [6.07, 6.45) is 2.86. The molecule has 0 aliphatic rings. The van der Waals surface area contributed by atoms with E-state index in [1.165, 1.54) is 0 Å². The molecule has 0 aromatic carbocycles. The van der Waals surface area contributed by atoms with Crippen LogP contribution in [-0.2, 0) is 0 Å². The van der Waals surface area contributed by atoms with Crippen molar-refractivity contribution in [1.82, 2.24) is 4.90 Å². The van der Waals surface area contributed by atoms with Crippen molar-refractivity contribution in [3.63, 3.8) is 0 Å². The summed E-state index contributed by atoms with van der Waals surface area (Å²) in [7, 11) is 3.94. The monoisotopic (exact) mass is 157 g/mol. The van der Waals surface area contributed by atoms with E-state index in [4.69, 9.17) is 12.2 Å². The first kappa shape index (κ1) is 9.63. The second-order valence-corrected chi connectivity index (χ2v) is 3.18. The van der Waals surface area contributed by atoms with Crippen molar-refractivity contribution >= 4 is 17.2 Å². The summed E-state index contributed by atoms with van der Waals surface area (Å²) in [6, 6.07) is 0. The normalized spacial score (nSPS) is 12.3. The van der Waals surface area contributed by atoms with Crippen LogP contribution in [0, 0.1) is 5.92 Å². The zero-order valence-electron chi connectivity index (χ0n) is 6.92. The van der Waals surface area contributed by atoms with Crippen molar-refractivity contribution in [2.45, 2.75) is 13.3 Å². The topological polar surface area (TPSA) is 3.24 Å². The average molecular weight is 157 g/mol. The van der Waals surface area contributed by atoms with E-state index in [1.807, 2.05) is 25.1 Å². The van der Waals surface area contributed by atoms with Crippen molar-refractivity contribution in [3.8, 4) is 0 Å². The van der Waals surface area contributed by atoms with Gasteiger partial charge in [0.15, 0.2) is 0 Å². The summed E-state index contributed by atoms with van der Waals surface area (Å²) in [5, 5.41) is 0. The van der Waals surface area contributed by atoms with E-state index >= 15 is 0 Å². The molecule has 0 bridgehead atoms. The molecule has 58 valence electrons. The first-order chi connectivity index (χ1) is 4.57. The molecule has 0 radical (unpaired) electrons. The van der Waals surface area contributed by atoms with Gasteiger partial charge >= 0.3 is 0 Å². The van der Waals surface area contributed by atoms with Crippen molar-refractivity contribution in [2.75, 3.05) is 14.1 Å². The first-order valence-corrected chi connectivity index (χ1v) is 3.81. The van der Waals surface area contributed by atoms with E-state index in [0.717, 1.165) is 11.4 Å². The molecule has 1 nitrogen and oxygen atoms in total. The van der Waals surface area contributed by atoms with E-state index in [-0.39, 0.29) is 0 Å². The largest absolute Gasteiger partial charge is 0.372 e. The molecule has 1 atom stereocenters. The highest BCUT2D eigenvalue weighted by Gasteiger charge is 2.02. The summed E-state index contributed by atoms with van der Waals surface area (Å²) >= 11 is 5.10. The summed E-state index contributed by atoms with van der Waals surface area (Å²) in [6.45, 7) is 5.81. The Labute approximate surface area is 68.7 Å². The third-order valence-electron chi connectivity index (χ3n) is 1.40. The summed E-state index contributed by atoms with van der Waals surface area (Å²) < 4.78 is 0. The molecular weight excluding hydrogens is 142 g/mol. The first-order valence-electron chi connectivity index (χ1n) is 3.40. The van der Waals surface area contributed by atoms with Crippen LogP contribution in [0.2, 0.25) is 0 Å². The second-order valence-electron chi connectivity index (χ2n) is 2.71. The van der Waals surface area contributed by atoms with Gasteiger partial charge in [-0.3, -0.25) is 0 Å². The Balaban J connectivity index is 3.68. The number of allylic oxidation sites excluding steroid dienone is 1. The van der Waals surface area contributed by atoms with Crippen LogP contribution >= 0.6 is 12.2 Å². The van der Waals surface area contributed by atoms with Crippen LogP contribution in [0.1, 0.15) is 13.3 Å². The molecule has 0 rings (SSSR count). The molecular formula is C8H15NS. The number of rotatable bonds is 3. The van der Waals surface area contributed by atoms with Gasteiger partial charge in [-0.2, -0.15) is 0 Å². The van der Waals surface area contributed by atoms with Gasteiger partial charge in [0.1, 0.15) is 0 Å². The SMILES string of the molecule is C=CC(C)CC(=S)N(C)C. The predicted octanol–water partition coefficient (Wildman–Crippen LogP) is 2.09. The zero-order chi connectivity index (χ0) is 8.15. The molecule has 0 saturated carbocycles. The van der Waals surface area contributed by atoms with Crippen LogP contribution in [0.3, 0.4) is 0 Å². The van der Waals surface area contributed by atoms with Gasteiger partial charge in [0.25, 0.3) is 0 Å². The molecule has 0 N–H and O–H groups in total. The van der Waals surface area contributed by atoms with Crippen molar-refractivity contribution in [3.05, 3.63) is 12.7 Å². The minimum Gasteiger partial charge on any atom is -0.372 e. The lowest BCUT2D eigenvalue weighted by molar-refractivity contribution is 0.597. The minimum absolute atomic E-state index is 0.495. The van der Waals surface area contributed by atoms with Gasteiger partial charge in [0, 0.05) is 20.5 Å². The smallest absolute Gasteiger partial charge is 0.0779 e. The molecule has 0 spiro atoms. The highest BCUT2D eigenvalue weighted by Crippen LogP contribution is 2.05. The Morgan fingerprint density at radius 1 is 1.70 bits per heavy atom. The molecule has 0 aromatic rings. The molecule has 0 saturated heterocycles. The Kier molecular flexibility index (Phi) is 4.28. The van der Waals surface area contributed by atoms with E-state index in [0.29, 0.717) is 5.92 Å². The van der Waals surface area contributed by atoms with Crippen LogP contribution in [0.5, 0.6) is 0 Å². The fourth-order valence-corrected chi connectivity index (χ4v) is 0.804. The fraction of sp³-hybridized carbons (Fsp3) is 0.625. The second kappa shape index (κ2) is 4.45. The van der Waals surface area contributed by atoms with Crippen molar-refractivity contribution < 1.29 is 0 Å². The van der Waals surface area contributed by atoms with Crippen LogP contribution < -0.4 is 0 Å². The van der Waals surface area contributed by atoms with Crippen molar-refractivity contribution in [2.24, 2.45) is 5.92 Å². The Hall–Kier alpha value is -0.370. The zero-order valence-corrected chi connectivity index (χ0v) is 7.74. The summed E-state index contributed by atoms with van der Waals surface area (Å²) in [5.41, 5.74) is 0. The van der Waals surface area contributed by atoms with E-state index in [2.05, 4.69) is 13.5 Å². The lowest BCUT2D eigenvalue weighted by atomic mass is 10.1. The van der Waals surface area contributed by atoms with E-state index in [1.54, 1.807) is 0 Å². The maximum atomic E-state index is 5.10. The Morgan fingerprint density at radius 3 is 2.50 bits per heavy atom. The average Bonchev–Trinajstić information content (AvgIpc) is 1.87. The lowest BCUT2D eigenvalue weighted by Crippen LogP contribution is -2.21. The number of thiocarbonyl (C=S) groups is 1. The van der Waals surface area contributed by atoms with Gasteiger partial charge < -0.3 is 4.90 Å². The van der Waals surface area contributed by atoms with Gasteiger partial charge in [-0.05, 0) is 5.92 Å². The van der Waals surface area contributed by atoms with Gasteiger partial charge in [-0.1, -0.05) is 25.2 Å². The summed E-state index contributed by atoms with van der Waals surface area (Å²) in [4.78, 5) is 2.96. The Morgan fingerprint density at radius 2 is 2.20 bits per heavy atom. The molecule has 0 amide bonds. The van der Waals surface area contributed by atoms with Gasteiger partial charge in [-0.25, -0.2) is 0 Å². The number of hydrogen-bond acceptors (Lipinski definition) is 1. The van der Waals surface area contributed by atoms with E-state index in [9.17, 15) is 0 Å². The van der Waals surface area contributed by atoms with E-state index < -0.39 is 0 Å². The molecule has 0 aliphatic carbocycles. The molecule has 1 unspecified atom stereocenters. The molecule has 0 fully saturated rings. The third kappa shape index (κ3) is 3.62. The standard InChI is InChI=1S/C8H15NS/c1-5-7(2)6-8(10)9(3)4/h5,7H,1,6H2,2-4H3. The summed E-state index contributed by atoms with van der Waals surface area (Å²) in [5.74, 6) is 0.495. The van der Waals surface area contributed by atoms with Crippen molar-refractivity contribution in [1.29, 1.82) is 0 Å². The quantitative estimate of drug-likeness (QED) is 0.456. The highest BCUT2D eigenvalue weighted by atomic mass is 32.1. The van der Waals surface area contributed by atoms with Crippen LogP contribution in [0.15, 0.2) is 12.7 Å². The maximum absolute atomic E-state index is 5.10. The molecule has 0 aromatic heterocycles. The van der Waals surface area contributed by atoms with Crippen LogP contribution in [-0.4, -0.2) is 24.0 Å². The number of hydrogen-bond donors (Lipinski definition) is 0. The van der Waals surface area contributed by atoms with Gasteiger partial charge in [0.2, 0.25) is 0 Å². The Bertz CT molecular complexity index is 129. The van der Waals surface area contributed by atoms with Crippen LogP contribution in [0.4, 0.5) is 0 Å².